The van der Waals surface area contributed by atoms with Crippen LogP contribution in [0.15, 0.2) is 540 Å². The third-order valence-electron chi connectivity index (χ3n) is 28.7. The van der Waals surface area contributed by atoms with Gasteiger partial charge in [-0.15, -0.1) is 0 Å². The molecule has 0 bridgehead atoms. The van der Waals surface area contributed by atoms with Crippen molar-refractivity contribution in [1.29, 1.82) is 0 Å². The van der Waals surface area contributed by atoms with Gasteiger partial charge < -0.3 is 27.4 Å². The Morgan fingerprint density at radius 1 is 0.111 bits per heavy atom. The topological polar surface area (TPSA) is 68.2 Å². The highest BCUT2D eigenvalue weighted by Gasteiger charge is 2.23. The second-order valence-corrected chi connectivity index (χ2v) is 37.0. The van der Waals surface area contributed by atoms with Gasteiger partial charge in [0.2, 0.25) is 0 Å². The smallest absolute Gasteiger partial charge is 0.0703 e. The lowest BCUT2D eigenvalue weighted by molar-refractivity contribution is 1.18. The van der Waals surface area contributed by atoms with Crippen LogP contribution in [0.2, 0.25) is 0 Å². The standard InChI is InChI=1S/2C47H31N3.C41H27N3/c1-3-12-32(13-4-1)36-22-25-43(48-31-36)35-14-11-17-38(28-35)50-45-21-10-8-19-40(45)42-30-34(24-27-47(42)50)33-23-26-46-41(29-33)39-18-7-9-20-44(39)49(46)37-15-5-2-6-16-37;1-3-11-32(12-4-1)36-21-26-43(48-31-36)33-19-24-38(25-20-33)50-45-18-10-8-16-40(45)42-30-35(23-28-47(42)50)34-22-27-46-41(29-34)39-15-7-9-17-44(39)49(46)37-13-5-2-6-14-37;1-2-10-31(11-3-1)43-38-15-6-4-12-33(38)35-26-29(19-23-40(35)43)30-20-24-41-36(27-30)34-13-5-7-16-39(34)44(41)32-21-17-28(18-22-32)37-14-8-9-25-42-37/h2*1-31H;1-27H. The first-order chi connectivity index (χ1) is 71.4. The van der Waals surface area contributed by atoms with Crippen LogP contribution in [0.5, 0.6) is 0 Å². The van der Waals surface area contributed by atoms with Crippen LogP contribution in [-0.2, 0) is 0 Å². The molecule has 674 valence electrons. The van der Waals surface area contributed by atoms with Crippen LogP contribution in [0.3, 0.4) is 0 Å². The van der Waals surface area contributed by atoms with E-state index in [0.717, 1.165) is 62.0 Å². The fraction of sp³-hybridized carbons (Fsp3) is 0. The Balaban J connectivity index is 0.000000108. The van der Waals surface area contributed by atoms with Crippen LogP contribution in [0.25, 0.3) is 254 Å². The van der Waals surface area contributed by atoms with Gasteiger partial charge in [0.1, 0.15) is 0 Å². The van der Waals surface area contributed by atoms with E-state index >= 15 is 0 Å². The van der Waals surface area contributed by atoms with E-state index < -0.39 is 0 Å². The van der Waals surface area contributed by atoms with Gasteiger partial charge in [-0.3, -0.25) is 15.0 Å². The van der Waals surface area contributed by atoms with E-state index in [-0.39, 0.29) is 0 Å². The maximum absolute atomic E-state index is 4.87. The Morgan fingerprint density at radius 2 is 0.326 bits per heavy atom. The van der Waals surface area contributed by atoms with Gasteiger partial charge in [-0.25, -0.2) is 0 Å². The number of pyridine rings is 3. The number of para-hydroxylation sites is 9. The lowest BCUT2D eigenvalue weighted by atomic mass is 10.0. The second kappa shape index (κ2) is 35.6. The van der Waals surface area contributed by atoms with Crippen LogP contribution in [0, 0.1) is 0 Å². The quantitative estimate of drug-likeness (QED) is 0.109. The summed E-state index contributed by atoms with van der Waals surface area (Å²) in [6, 6.07) is 187. The molecule has 0 saturated heterocycles. The van der Waals surface area contributed by atoms with Crippen LogP contribution in [0.4, 0.5) is 0 Å². The van der Waals surface area contributed by atoms with Crippen molar-refractivity contribution in [1.82, 2.24) is 42.4 Å². The van der Waals surface area contributed by atoms with E-state index in [1.807, 2.05) is 48.9 Å². The number of hydrogen-bond donors (Lipinski definition) is 0. The number of fused-ring (bicyclic) bond motifs is 18. The molecule has 0 unspecified atom stereocenters. The number of benzene rings is 20. The normalized spacial score (nSPS) is 11.6. The van der Waals surface area contributed by atoms with Crippen molar-refractivity contribution in [3.8, 4) is 124 Å². The van der Waals surface area contributed by atoms with Gasteiger partial charge in [0, 0.05) is 145 Å². The molecule has 0 N–H and O–H groups in total. The molecule has 9 aromatic heterocycles. The summed E-state index contributed by atoms with van der Waals surface area (Å²) in [5.41, 5.74) is 39.4. The molecule has 0 spiro atoms. The summed E-state index contributed by atoms with van der Waals surface area (Å²) in [5.74, 6) is 0. The molecule has 0 amide bonds. The molecule has 144 heavy (non-hydrogen) atoms. The molecule has 0 aliphatic carbocycles. The Hall–Kier alpha value is -19.4. The van der Waals surface area contributed by atoms with Crippen molar-refractivity contribution < 1.29 is 0 Å². The molecule has 29 aromatic rings. The minimum absolute atomic E-state index is 0.957. The van der Waals surface area contributed by atoms with Crippen LogP contribution < -0.4 is 0 Å². The Morgan fingerprint density at radius 3 is 0.604 bits per heavy atom. The zero-order valence-electron chi connectivity index (χ0n) is 78.4. The summed E-state index contributed by atoms with van der Waals surface area (Å²) < 4.78 is 14.2. The zero-order valence-corrected chi connectivity index (χ0v) is 78.4. The third-order valence-corrected chi connectivity index (χ3v) is 28.7. The molecule has 9 heterocycles. The van der Waals surface area contributed by atoms with E-state index in [1.165, 1.54) is 192 Å². The number of rotatable bonds is 14. The van der Waals surface area contributed by atoms with E-state index in [4.69, 9.17) is 9.97 Å². The van der Waals surface area contributed by atoms with Gasteiger partial charge >= 0.3 is 0 Å². The molecule has 9 nitrogen and oxygen atoms in total. The molecule has 0 aliphatic heterocycles. The molecule has 0 atom stereocenters. The van der Waals surface area contributed by atoms with Crippen molar-refractivity contribution in [2.24, 2.45) is 0 Å². The maximum atomic E-state index is 4.87. The van der Waals surface area contributed by atoms with Crippen molar-refractivity contribution >= 4 is 131 Å². The highest BCUT2D eigenvalue weighted by atomic mass is 15.0. The molecule has 0 aliphatic rings. The first-order valence-corrected chi connectivity index (χ1v) is 49.1. The minimum atomic E-state index is 0.957. The number of nitrogens with zero attached hydrogens (tertiary/aromatic N) is 9. The summed E-state index contributed by atoms with van der Waals surface area (Å²) in [6.07, 6.45) is 5.77. The Kier molecular flexibility index (Phi) is 20.7. The van der Waals surface area contributed by atoms with Crippen molar-refractivity contribution in [3.05, 3.63) is 540 Å². The first kappa shape index (κ1) is 84.0. The van der Waals surface area contributed by atoms with Crippen LogP contribution >= 0.6 is 0 Å². The summed E-state index contributed by atoms with van der Waals surface area (Å²) in [7, 11) is 0. The summed E-state index contributed by atoms with van der Waals surface area (Å²) in [5, 5.41) is 15.0. The largest absolute Gasteiger partial charge is 0.309 e. The molecule has 0 saturated carbocycles. The molecular weight excluding hydrogens is 1750 g/mol. The SMILES string of the molecule is c1ccc(-c2ccc(-c3ccc(-n4c5ccccc5c5cc(-c6ccc7c(c6)c6ccccc6n7-c6ccccc6)ccc54)cc3)nc2)cc1.c1ccc(-c2ccc(-c3cccc(-n4c5ccccc5c5cc(-c6ccc7c(c6)c6ccccc6n7-c6ccccc6)ccc54)c3)nc2)cc1.c1ccc(-n2c3ccccc3c3cc(-c4ccc5c(c4)c4ccccc4n5-c4ccc(-c5ccccn5)cc4)ccc32)cc1. The van der Waals surface area contributed by atoms with Gasteiger partial charge in [-0.05, 0) is 251 Å². The van der Waals surface area contributed by atoms with E-state index in [1.54, 1.807) is 0 Å². The summed E-state index contributed by atoms with van der Waals surface area (Å²) in [4.78, 5) is 14.2. The van der Waals surface area contributed by atoms with Crippen LogP contribution in [0.1, 0.15) is 0 Å². The highest BCUT2D eigenvalue weighted by molar-refractivity contribution is 6.17. The monoisotopic (exact) mass is 1840 g/mol. The number of hydrogen-bond acceptors (Lipinski definition) is 3. The van der Waals surface area contributed by atoms with Gasteiger partial charge in [0.25, 0.3) is 0 Å². The molecule has 9 heteroatoms. The van der Waals surface area contributed by atoms with Gasteiger partial charge in [0.15, 0.2) is 0 Å². The van der Waals surface area contributed by atoms with Gasteiger partial charge in [0.05, 0.1) is 83.3 Å². The van der Waals surface area contributed by atoms with E-state index in [2.05, 4.69) is 524 Å². The molecule has 0 fully saturated rings. The predicted molar refractivity (Wildman–Crippen MR) is 602 cm³/mol. The lowest BCUT2D eigenvalue weighted by Crippen LogP contribution is -1.95. The maximum Gasteiger partial charge on any atom is 0.0703 e. The Bertz CT molecular complexity index is 9950. The van der Waals surface area contributed by atoms with E-state index in [9.17, 15) is 0 Å². The summed E-state index contributed by atoms with van der Waals surface area (Å²) >= 11 is 0. The lowest BCUT2D eigenvalue weighted by Gasteiger charge is -2.11. The average molecular weight is 1840 g/mol. The first-order valence-electron chi connectivity index (χ1n) is 49.1. The zero-order chi connectivity index (χ0) is 95.1. The van der Waals surface area contributed by atoms with Crippen molar-refractivity contribution in [2.75, 3.05) is 0 Å². The second-order valence-electron chi connectivity index (χ2n) is 37.0. The van der Waals surface area contributed by atoms with E-state index in [0.29, 0.717) is 0 Å². The molecule has 29 rings (SSSR count). The summed E-state index contributed by atoms with van der Waals surface area (Å²) in [6.45, 7) is 0. The molecule has 0 radical (unpaired) electrons. The molecular formula is C135H89N9. The van der Waals surface area contributed by atoms with Gasteiger partial charge in [-0.1, -0.05) is 315 Å². The third kappa shape index (κ3) is 14.8. The highest BCUT2D eigenvalue weighted by Crippen LogP contribution is 2.45. The number of aromatic nitrogens is 9. The van der Waals surface area contributed by atoms with Gasteiger partial charge in [-0.2, -0.15) is 0 Å². The average Bonchev–Trinajstić information content (AvgIpc) is 1.58. The fourth-order valence-electron chi connectivity index (χ4n) is 21.9. The Labute approximate surface area is 831 Å². The fourth-order valence-corrected chi connectivity index (χ4v) is 21.9. The minimum Gasteiger partial charge on any atom is -0.309 e. The van der Waals surface area contributed by atoms with Crippen molar-refractivity contribution in [3.63, 3.8) is 0 Å². The van der Waals surface area contributed by atoms with Crippen LogP contribution in [-0.4, -0.2) is 42.4 Å². The van der Waals surface area contributed by atoms with Crippen molar-refractivity contribution in [2.45, 2.75) is 0 Å². The predicted octanol–water partition coefficient (Wildman–Crippen LogP) is 35.2. The molecule has 20 aromatic carbocycles.